The van der Waals surface area contributed by atoms with Crippen LogP contribution in [0.1, 0.15) is 11.9 Å². The Morgan fingerprint density at radius 1 is 1.15 bits per heavy atom. The lowest BCUT2D eigenvalue weighted by Gasteiger charge is -2.16. The number of rotatable bonds is 3. The second-order valence-corrected chi connectivity index (χ2v) is 4.53. The molecule has 108 valence electrons. The molecule has 1 aliphatic rings. The fourth-order valence-corrected chi connectivity index (χ4v) is 2.31. The number of imidazole rings is 1. The van der Waals surface area contributed by atoms with Gasteiger partial charge in [0.15, 0.2) is 11.9 Å². The van der Waals surface area contributed by atoms with Crippen LogP contribution in [-0.4, -0.2) is 64.9 Å². The zero-order valence-electron chi connectivity index (χ0n) is 10.4. The molecule has 3 heterocycles. The van der Waals surface area contributed by atoms with Crippen LogP contribution in [-0.2, 0) is 11.3 Å². The molecule has 9 nitrogen and oxygen atoms in total. The van der Waals surface area contributed by atoms with Gasteiger partial charge in [-0.3, -0.25) is 4.57 Å². The van der Waals surface area contributed by atoms with Crippen LogP contribution in [0.5, 0.6) is 0 Å². The van der Waals surface area contributed by atoms with Crippen molar-refractivity contribution in [2.45, 2.75) is 31.1 Å². The highest BCUT2D eigenvalue weighted by Crippen LogP contribution is 2.31. The number of aliphatic hydroxyl groups is 4. The average molecular weight is 282 g/mol. The maximum atomic E-state index is 9.99. The van der Waals surface area contributed by atoms with Crippen molar-refractivity contribution in [1.82, 2.24) is 19.5 Å². The number of aromatic nitrogens is 4. The number of fused-ring (bicyclic) bond motifs is 1. The van der Waals surface area contributed by atoms with E-state index in [1.54, 1.807) is 0 Å². The summed E-state index contributed by atoms with van der Waals surface area (Å²) in [4.78, 5) is 12.0. The molecule has 9 heteroatoms. The molecule has 2 aromatic heterocycles. The molecule has 2 aromatic rings. The van der Waals surface area contributed by atoms with Gasteiger partial charge in [0.2, 0.25) is 0 Å². The largest absolute Gasteiger partial charge is 0.394 e. The summed E-state index contributed by atoms with van der Waals surface area (Å²) in [5.41, 5.74) is 1.13. The number of nitrogens with zero attached hydrogens (tertiary/aromatic N) is 4. The zero-order valence-corrected chi connectivity index (χ0v) is 10.4. The van der Waals surface area contributed by atoms with Crippen molar-refractivity contribution in [3.8, 4) is 0 Å². The van der Waals surface area contributed by atoms with Crippen molar-refractivity contribution < 1.29 is 25.2 Å². The fourth-order valence-electron chi connectivity index (χ4n) is 2.31. The lowest BCUT2D eigenvalue weighted by atomic mass is 10.1. The third kappa shape index (κ3) is 1.87. The van der Waals surface area contributed by atoms with Crippen molar-refractivity contribution in [3.05, 3.63) is 18.3 Å². The molecule has 2 unspecified atom stereocenters. The van der Waals surface area contributed by atoms with E-state index in [1.807, 2.05) is 0 Å². The van der Waals surface area contributed by atoms with Gasteiger partial charge in [0.1, 0.15) is 30.2 Å². The van der Waals surface area contributed by atoms with Crippen molar-refractivity contribution in [3.63, 3.8) is 0 Å². The maximum absolute atomic E-state index is 9.99. The molecule has 0 spiro atoms. The van der Waals surface area contributed by atoms with Crippen molar-refractivity contribution >= 4 is 11.2 Å². The molecular formula is C11H14N4O5. The number of hydrogen-bond acceptors (Lipinski definition) is 8. The average Bonchev–Trinajstić information content (AvgIpc) is 3.01. The van der Waals surface area contributed by atoms with Crippen LogP contribution in [0.25, 0.3) is 11.2 Å². The summed E-state index contributed by atoms with van der Waals surface area (Å²) in [6.07, 6.45) is -1.52. The Balaban J connectivity index is 2.03. The van der Waals surface area contributed by atoms with Crippen LogP contribution in [0.15, 0.2) is 12.7 Å². The molecule has 3 rings (SSSR count). The molecule has 0 aliphatic carbocycles. The Bertz CT molecular complexity index is 618. The van der Waals surface area contributed by atoms with E-state index in [9.17, 15) is 15.3 Å². The van der Waals surface area contributed by atoms with Crippen molar-refractivity contribution in [2.24, 2.45) is 0 Å². The van der Waals surface area contributed by atoms with Crippen LogP contribution >= 0.6 is 0 Å². The van der Waals surface area contributed by atoms with Crippen LogP contribution < -0.4 is 0 Å². The monoisotopic (exact) mass is 282 g/mol. The van der Waals surface area contributed by atoms with Crippen LogP contribution in [0.2, 0.25) is 0 Å². The third-order valence-electron chi connectivity index (χ3n) is 3.38. The van der Waals surface area contributed by atoms with Gasteiger partial charge < -0.3 is 25.2 Å². The minimum absolute atomic E-state index is 0.286. The van der Waals surface area contributed by atoms with Crippen LogP contribution in [0.3, 0.4) is 0 Å². The Hall–Kier alpha value is -1.65. The highest BCUT2D eigenvalue weighted by atomic mass is 16.6. The van der Waals surface area contributed by atoms with Gasteiger partial charge >= 0.3 is 0 Å². The first-order chi connectivity index (χ1) is 9.67. The lowest BCUT2D eigenvalue weighted by molar-refractivity contribution is -0.0511. The molecule has 4 N–H and O–H groups in total. The standard InChI is InChI=1S/C11H14N4O5/c16-1-5-7-10(13-3-12-5)15(4-14-7)11-9(19)8(18)6(2-17)20-11/h3-4,6,8-9,11,16-19H,1-2H2/t6-,8?,9?,11-/m1/s1. The third-order valence-corrected chi connectivity index (χ3v) is 3.38. The Morgan fingerprint density at radius 3 is 2.60 bits per heavy atom. The summed E-state index contributed by atoms with van der Waals surface area (Å²) in [5, 5.41) is 38.0. The van der Waals surface area contributed by atoms with Gasteiger partial charge in [-0.05, 0) is 0 Å². The second-order valence-electron chi connectivity index (χ2n) is 4.53. The molecular weight excluding hydrogens is 268 g/mol. The molecule has 0 aromatic carbocycles. The van der Waals surface area contributed by atoms with Crippen LogP contribution in [0, 0.1) is 0 Å². The molecule has 20 heavy (non-hydrogen) atoms. The highest BCUT2D eigenvalue weighted by Gasteiger charge is 2.43. The molecule has 1 aliphatic heterocycles. The van der Waals surface area contributed by atoms with Gasteiger partial charge in [0, 0.05) is 0 Å². The highest BCUT2D eigenvalue weighted by molar-refractivity contribution is 5.73. The Labute approximate surface area is 113 Å². The van der Waals surface area contributed by atoms with E-state index in [-0.39, 0.29) is 6.61 Å². The quantitative estimate of drug-likeness (QED) is 0.504. The summed E-state index contributed by atoms with van der Waals surface area (Å²) in [7, 11) is 0. The molecule has 4 atom stereocenters. The first-order valence-corrected chi connectivity index (χ1v) is 6.07. The van der Waals surface area contributed by atoms with E-state index < -0.39 is 31.1 Å². The summed E-state index contributed by atoms with van der Waals surface area (Å²) in [5.74, 6) is 0. The maximum Gasteiger partial charge on any atom is 0.165 e. The van der Waals surface area contributed by atoms with E-state index in [0.717, 1.165) is 0 Å². The van der Waals surface area contributed by atoms with Gasteiger partial charge in [-0.25, -0.2) is 15.0 Å². The van der Waals surface area contributed by atoms with Gasteiger partial charge in [0.05, 0.1) is 25.2 Å². The first kappa shape index (κ1) is 13.3. The molecule has 1 saturated heterocycles. The SMILES string of the molecule is OCc1ncnc2c1ncn2[C@@H]1O[C@H](CO)C(O)C1O. The van der Waals surface area contributed by atoms with E-state index in [0.29, 0.717) is 16.9 Å². The summed E-state index contributed by atoms with van der Waals surface area (Å²) >= 11 is 0. The topological polar surface area (TPSA) is 134 Å². The predicted molar refractivity (Wildman–Crippen MR) is 64.3 cm³/mol. The molecule has 0 saturated carbocycles. The smallest absolute Gasteiger partial charge is 0.165 e. The van der Waals surface area contributed by atoms with E-state index >= 15 is 0 Å². The van der Waals surface area contributed by atoms with Gasteiger partial charge in [-0.15, -0.1) is 0 Å². The first-order valence-electron chi connectivity index (χ1n) is 6.07. The Kier molecular flexibility index (Phi) is 3.36. The second kappa shape index (κ2) is 5.04. The molecule has 1 fully saturated rings. The van der Waals surface area contributed by atoms with E-state index in [4.69, 9.17) is 9.84 Å². The minimum atomic E-state index is -1.21. The van der Waals surface area contributed by atoms with Crippen molar-refractivity contribution in [2.75, 3.05) is 6.61 Å². The summed E-state index contributed by atoms with van der Waals surface area (Å²) in [6, 6.07) is 0. The van der Waals surface area contributed by atoms with Gasteiger partial charge in [-0.1, -0.05) is 0 Å². The molecule has 0 bridgehead atoms. The van der Waals surface area contributed by atoms with Gasteiger partial charge in [-0.2, -0.15) is 0 Å². The minimum Gasteiger partial charge on any atom is -0.394 e. The number of aliphatic hydroxyl groups excluding tert-OH is 4. The van der Waals surface area contributed by atoms with E-state index in [1.165, 1.54) is 17.2 Å². The van der Waals surface area contributed by atoms with Crippen molar-refractivity contribution in [1.29, 1.82) is 0 Å². The predicted octanol–water partition coefficient (Wildman–Crippen LogP) is -2.07. The molecule has 0 amide bonds. The number of ether oxygens (including phenoxy) is 1. The zero-order chi connectivity index (χ0) is 14.3. The fraction of sp³-hybridized carbons (Fsp3) is 0.545. The summed E-state index contributed by atoms with van der Waals surface area (Å²) < 4.78 is 6.86. The molecule has 0 radical (unpaired) electrons. The van der Waals surface area contributed by atoms with E-state index in [2.05, 4.69) is 15.0 Å². The summed E-state index contributed by atoms with van der Waals surface area (Å²) in [6.45, 7) is -0.690. The normalized spacial score (nSPS) is 30.2. The van der Waals surface area contributed by atoms with Gasteiger partial charge in [0.25, 0.3) is 0 Å². The number of hydrogen-bond donors (Lipinski definition) is 4. The Morgan fingerprint density at radius 2 is 1.95 bits per heavy atom. The van der Waals surface area contributed by atoms with Crippen LogP contribution in [0.4, 0.5) is 0 Å². The lowest BCUT2D eigenvalue weighted by Crippen LogP contribution is -2.33.